The number of aryl methyl sites for hydroxylation is 1. The highest BCUT2D eigenvalue weighted by Crippen LogP contribution is 2.28. The summed E-state index contributed by atoms with van der Waals surface area (Å²) in [5.74, 6) is 0.506. The number of rotatable bonds is 3. The van der Waals surface area contributed by atoms with Crippen molar-refractivity contribution < 1.29 is 4.42 Å². The number of imidazole rings is 1. The highest BCUT2D eigenvalue weighted by atomic mass is 79.9. The van der Waals surface area contributed by atoms with Crippen molar-refractivity contribution >= 4 is 50.3 Å². The summed E-state index contributed by atoms with van der Waals surface area (Å²) in [6, 6.07) is 4.96. The zero-order chi connectivity index (χ0) is 20.2. The van der Waals surface area contributed by atoms with Gasteiger partial charge in [0.2, 0.25) is 11.8 Å². The molecule has 0 saturated heterocycles. The Hall–Kier alpha value is -2.43. The van der Waals surface area contributed by atoms with E-state index in [9.17, 15) is 9.59 Å². The molecule has 4 rings (SSSR count). The van der Waals surface area contributed by atoms with Crippen LogP contribution >= 0.6 is 39.1 Å². The summed E-state index contributed by atoms with van der Waals surface area (Å²) < 4.78 is 9.92. The minimum Gasteiger partial charge on any atom is -0.419 e. The van der Waals surface area contributed by atoms with Gasteiger partial charge in [-0.2, -0.15) is 0 Å². The minimum absolute atomic E-state index is 0.0822. The first-order valence-electron chi connectivity index (χ1n) is 7.87. The fraction of sp³-hybridized carbons (Fsp3) is 0.188. The van der Waals surface area contributed by atoms with E-state index in [2.05, 4.69) is 31.1 Å². The maximum absolute atomic E-state index is 12.6. The van der Waals surface area contributed by atoms with Gasteiger partial charge < -0.3 is 8.98 Å². The van der Waals surface area contributed by atoms with Crippen molar-refractivity contribution in [2.45, 2.75) is 6.54 Å². The number of halogens is 3. The zero-order valence-corrected chi connectivity index (χ0v) is 17.6. The monoisotopic (exact) mass is 484 g/mol. The van der Waals surface area contributed by atoms with Crippen molar-refractivity contribution in [1.29, 1.82) is 0 Å². The van der Waals surface area contributed by atoms with Crippen molar-refractivity contribution in [2.75, 3.05) is 0 Å². The lowest BCUT2D eigenvalue weighted by molar-refractivity contribution is 0.488. The van der Waals surface area contributed by atoms with Gasteiger partial charge in [0, 0.05) is 19.7 Å². The van der Waals surface area contributed by atoms with Crippen molar-refractivity contribution in [2.24, 2.45) is 14.1 Å². The predicted molar refractivity (Wildman–Crippen MR) is 107 cm³/mol. The van der Waals surface area contributed by atoms with E-state index in [1.54, 1.807) is 29.8 Å². The molecule has 4 aromatic rings. The molecule has 3 aromatic heterocycles. The largest absolute Gasteiger partial charge is 0.419 e. The Kier molecular flexibility index (Phi) is 4.64. The Labute approximate surface area is 175 Å². The van der Waals surface area contributed by atoms with E-state index < -0.39 is 11.2 Å². The van der Waals surface area contributed by atoms with Gasteiger partial charge in [0.25, 0.3) is 5.56 Å². The fourth-order valence-electron chi connectivity index (χ4n) is 2.76. The summed E-state index contributed by atoms with van der Waals surface area (Å²) in [6.07, 6.45) is 0. The maximum Gasteiger partial charge on any atom is 0.332 e. The van der Waals surface area contributed by atoms with Crippen LogP contribution in [-0.2, 0) is 20.6 Å². The molecule has 0 spiro atoms. The molecule has 0 aliphatic heterocycles. The van der Waals surface area contributed by atoms with Crippen LogP contribution in [0.4, 0.5) is 0 Å². The van der Waals surface area contributed by atoms with Gasteiger partial charge in [-0.3, -0.25) is 13.9 Å². The molecule has 0 fully saturated rings. The third-order valence-corrected chi connectivity index (χ3v) is 5.57. The normalized spacial score (nSPS) is 11.5. The van der Waals surface area contributed by atoms with E-state index in [1.807, 2.05) is 0 Å². The molecule has 0 saturated carbocycles. The van der Waals surface area contributed by atoms with Crippen LogP contribution in [0.25, 0.3) is 22.6 Å². The summed E-state index contributed by atoms with van der Waals surface area (Å²) in [5.41, 5.74) is 0.172. The summed E-state index contributed by atoms with van der Waals surface area (Å²) in [5, 5.41) is 8.82. The van der Waals surface area contributed by atoms with Crippen LogP contribution in [0.1, 0.15) is 5.89 Å². The average Bonchev–Trinajstić information content (AvgIpc) is 3.26. The molecule has 28 heavy (non-hydrogen) atoms. The van der Waals surface area contributed by atoms with Gasteiger partial charge in [-0.15, -0.1) is 10.2 Å². The van der Waals surface area contributed by atoms with Crippen molar-refractivity contribution in [1.82, 2.24) is 28.9 Å². The van der Waals surface area contributed by atoms with E-state index in [4.69, 9.17) is 27.6 Å². The third kappa shape index (κ3) is 2.97. The third-order valence-electron chi connectivity index (χ3n) is 4.23. The summed E-state index contributed by atoms with van der Waals surface area (Å²) in [7, 11) is 2.95. The molecule has 0 amide bonds. The molecule has 0 radical (unpaired) electrons. The maximum atomic E-state index is 12.6. The molecule has 0 aliphatic rings. The van der Waals surface area contributed by atoms with E-state index in [-0.39, 0.29) is 29.5 Å². The SMILES string of the molecule is Cn1c(=O)c2c(nc(Br)n2Cc2nnc(-c3ccc(Cl)c(Cl)c3)o2)n(C)c1=O. The van der Waals surface area contributed by atoms with Crippen LogP contribution in [0.15, 0.2) is 36.9 Å². The van der Waals surface area contributed by atoms with Crippen molar-refractivity contribution in [3.63, 3.8) is 0 Å². The minimum atomic E-state index is -0.472. The second-order valence-corrected chi connectivity index (χ2v) is 7.50. The first-order valence-corrected chi connectivity index (χ1v) is 9.42. The van der Waals surface area contributed by atoms with E-state index in [0.717, 1.165) is 4.57 Å². The number of hydrogen-bond donors (Lipinski definition) is 0. The number of benzene rings is 1. The van der Waals surface area contributed by atoms with Crippen LogP contribution in [-0.4, -0.2) is 28.9 Å². The topological polar surface area (TPSA) is 101 Å². The number of fused-ring (bicyclic) bond motifs is 1. The Balaban J connectivity index is 1.78. The fourth-order valence-corrected chi connectivity index (χ4v) is 3.53. The molecule has 0 bridgehead atoms. The highest BCUT2D eigenvalue weighted by Gasteiger charge is 2.20. The molecular weight excluding hydrogens is 475 g/mol. The van der Waals surface area contributed by atoms with Crippen molar-refractivity contribution in [3.05, 3.63) is 59.7 Å². The molecule has 0 unspecified atom stereocenters. The summed E-state index contributed by atoms with van der Waals surface area (Å²) in [4.78, 5) is 29.0. The van der Waals surface area contributed by atoms with Crippen molar-refractivity contribution in [3.8, 4) is 11.5 Å². The molecular formula is C16H11BrCl2N6O3. The lowest BCUT2D eigenvalue weighted by Crippen LogP contribution is -2.37. The second kappa shape index (κ2) is 6.87. The predicted octanol–water partition coefficient (Wildman–Crippen LogP) is 2.60. The molecule has 0 aliphatic carbocycles. The Morgan fingerprint density at radius 3 is 2.57 bits per heavy atom. The van der Waals surface area contributed by atoms with Gasteiger partial charge in [-0.25, -0.2) is 9.78 Å². The van der Waals surface area contributed by atoms with Crippen LogP contribution in [0, 0.1) is 0 Å². The van der Waals surface area contributed by atoms with E-state index in [0.29, 0.717) is 20.3 Å². The molecule has 0 atom stereocenters. The first-order chi connectivity index (χ1) is 13.3. The van der Waals surface area contributed by atoms with Gasteiger partial charge in [0.1, 0.15) is 6.54 Å². The lowest BCUT2D eigenvalue weighted by Gasteiger charge is -2.05. The van der Waals surface area contributed by atoms with Crippen LogP contribution in [0.2, 0.25) is 10.0 Å². The quantitative estimate of drug-likeness (QED) is 0.413. The summed E-state index contributed by atoms with van der Waals surface area (Å²) >= 11 is 15.3. The Morgan fingerprint density at radius 2 is 1.86 bits per heavy atom. The van der Waals surface area contributed by atoms with E-state index >= 15 is 0 Å². The number of aromatic nitrogens is 6. The van der Waals surface area contributed by atoms with Gasteiger partial charge in [-0.1, -0.05) is 23.2 Å². The smallest absolute Gasteiger partial charge is 0.332 e. The number of nitrogens with zero attached hydrogens (tertiary/aromatic N) is 6. The van der Waals surface area contributed by atoms with Crippen LogP contribution in [0.5, 0.6) is 0 Å². The van der Waals surface area contributed by atoms with Gasteiger partial charge in [-0.05, 0) is 34.1 Å². The summed E-state index contributed by atoms with van der Waals surface area (Å²) in [6.45, 7) is 0.0822. The highest BCUT2D eigenvalue weighted by molar-refractivity contribution is 9.10. The Bertz CT molecular complexity index is 1350. The van der Waals surface area contributed by atoms with Gasteiger partial charge in [0.15, 0.2) is 15.9 Å². The van der Waals surface area contributed by atoms with E-state index in [1.165, 1.54) is 11.6 Å². The second-order valence-electron chi connectivity index (χ2n) is 5.97. The molecule has 0 N–H and O–H groups in total. The number of hydrogen-bond acceptors (Lipinski definition) is 6. The molecule has 12 heteroatoms. The zero-order valence-electron chi connectivity index (χ0n) is 14.5. The molecule has 144 valence electrons. The first kappa shape index (κ1) is 18.9. The molecule has 9 nitrogen and oxygen atoms in total. The van der Waals surface area contributed by atoms with Gasteiger partial charge >= 0.3 is 5.69 Å². The Morgan fingerprint density at radius 1 is 1.11 bits per heavy atom. The van der Waals surface area contributed by atoms with Gasteiger partial charge in [0.05, 0.1) is 10.0 Å². The lowest BCUT2D eigenvalue weighted by atomic mass is 10.2. The van der Waals surface area contributed by atoms with Crippen LogP contribution in [0.3, 0.4) is 0 Å². The average molecular weight is 486 g/mol. The molecule has 3 heterocycles. The standard InChI is InChI=1S/C16H11BrCl2N6O3/c1-23-12-11(14(26)24(2)16(23)27)25(15(17)20-12)6-10-21-22-13(28-10)7-3-4-8(18)9(19)5-7/h3-5H,6H2,1-2H3. The molecule has 1 aromatic carbocycles. The van der Waals surface area contributed by atoms with Crippen LogP contribution < -0.4 is 11.2 Å².